The first-order valence-corrected chi connectivity index (χ1v) is 6.44. The molecule has 2 atom stereocenters. The van der Waals surface area contributed by atoms with Gasteiger partial charge in [-0.05, 0) is 25.7 Å². The number of thiol groups is 1. The van der Waals surface area contributed by atoms with Crippen LogP contribution in [0.4, 0.5) is 0 Å². The van der Waals surface area contributed by atoms with Crippen molar-refractivity contribution in [1.82, 2.24) is 0 Å². The maximum Gasteiger partial charge on any atom is 0.306 e. The Morgan fingerprint density at radius 1 is 1.41 bits per heavy atom. The van der Waals surface area contributed by atoms with Crippen molar-refractivity contribution >= 4 is 24.4 Å². The molecule has 1 heterocycles. The molecule has 1 aliphatic rings. The van der Waals surface area contributed by atoms with Crippen molar-refractivity contribution in [2.45, 2.75) is 31.4 Å². The highest BCUT2D eigenvalue weighted by Crippen LogP contribution is 2.29. The van der Waals surface area contributed by atoms with Gasteiger partial charge in [0.25, 0.3) is 0 Å². The number of carbonyl (C=O) groups is 2. The van der Waals surface area contributed by atoms with Gasteiger partial charge < -0.3 is 9.47 Å². The molecular formula is C12H20O4S. The van der Waals surface area contributed by atoms with Crippen LogP contribution in [0, 0.1) is 11.8 Å². The van der Waals surface area contributed by atoms with Crippen molar-refractivity contribution in [2.75, 3.05) is 20.3 Å². The van der Waals surface area contributed by atoms with Crippen LogP contribution in [0.3, 0.4) is 0 Å². The maximum atomic E-state index is 12.1. The van der Waals surface area contributed by atoms with Gasteiger partial charge in [0, 0.05) is 19.1 Å². The van der Waals surface area contributed by atoms with Crippen molar-refractivity contribution in [3.05, 3.63) is 0 Å². The highest BCUT2D eigenvalue weighted by molar-refractivity contribution is 7.81. The van der Waals surface area contributed by atoms with E-state index in [1.54, 1.807) is 6.92 Å². The van der Waals surface area contributed by atoms with Crippen LogP contribution >= 0.6 is 12.6 Å². The van der Waals surface area contributed by atoms with Gasteiger partial charge in [0.15, 0.2) is 0 Å². The molecule has 0 radical (unpaired) electrons. The van der Waals surface area contributed by atoms with Crippen molar-refractivity contribution in [3.8, 4) is 0 Å². The minimum atomic E-state index is -0.340. The summed E-state index contributed by atoms with van der Waals surface area (Å²) >= 11 is 4.17. The average molecular weight is 260 g/mol. The third-order valence-electron chi connectivity index (χ3n) is 3.23. The Bertz CT molecular complexity index is 272. The Morgan fingerprint density at radius 3 is 2.47 bits per heavy atom. The van der Waals surface area contributed by atoms with Gasteiger partial charge >= 0.3 is 5.97 Å². The first kappa shape index (κ1) is 14.5. The monoisotopic (exact) mass is 260 g/mol. The van der Waals surface area contributed by atoms with E-state index in [4.69, 9.17) is 4.74 Å². The Morgan fingerprint density at radius 2 is 2.00 bits per heavy atom. The van der Waals surface area contributed by atoms with Gasteiger partial charge in [0.1, 0.15) is 5.78 Å². The summed E-state index contributed by atoms with van der Waals surface area (Å²) in [6, 6.07) is 0. The number of hydrogen-bond donors (Lipinski definition) is 1. The first-order chi connectivity index (χ1) is 8.06. The Balaban J connectivity index is 2.69. The molecule has 4 nitrogen and oxygen atoms in total. The zero-order valence-corrected chi connectivity index (χ0v) is 11.2. The molecule has 0 aliphatic carbocycles. The molecule has 1 rings (SSSR count). The standard InChI is InChI=1S/C12H20O4S/c1-8(17)12(14)10(7-11(13)15-2)9-3-5-16-6-4-9/h8-10,17H,3-7H2,1-2H3. The van der Waals surface area contributed by atoms with Crippen LogP contribution in [0.25, 0.3) is 0 Å². The smallest absolute Gasteiger partial charge is 0.306 e. The molecule has 0 bridgehead atoms. The minimum absolute atomic E-state index is 0.0330. The van der Waals surface area contributed by atoms with Gasteiger partial charge in [-0.25, -0.2) is 0 Å². The van der Waals surface area contributed by atoms with Gasteiger partial charge in [0.05, 0.1) is 18.8 Å². The molecule has 5 heteroatoms. The first-order valence-electron chi connectivity index (χ1n) is 5.92. The molecule has 0 aromatic rings. The van der Waals surface area contributed by atoms with Gasteiger partial charge in [-0.1, -0.05) is 0 Å². The van der Waals surface area contributed by atoms with E-state index in [-0.39, 0.29) is 35.3 Å². The van der Waals surface area contributed by atoms with E-state index in [0.717, 1.165) is 12.8 Å². The third kappa shape index (κ3) is 4.32. The van der Waals surface area contributed by atoms with E-state index in [0.29, 0.717) is 13.2 Å². The van der Waals surface area contributed by atoms with Crippen molar-refractivity contribution in [1.29, 1.82) is 0 Å². The lowest BCUT2D eigenvalue weighted by molar-refractivity contribution is -0.145. The summed E-state index contributed by atoms with van der Waals surface area (Å²) in [4.78, 5) is 23.4. The summed E-state index contributed by atoms with van der Waals surface area (Å²) in [5, 5.41) is -0.340. The highest BCUT2D eigenvalue weighted by Gasteiger charge is 2.33. The fraction of sp³-hybridized carbons (Fsp3) is 0.833. The number of hydrogen-bond acceptors (Lipinski definition) is 5. The largest absolute Gasteiger partial charge is 0.469 e. The zero-order valence-electron chi connectivity index (χ0n) is 10.3. The van der Waals surface area contributed by atoms with Crippen molar-refractivity contribution in [3.63, 3.8) is 0 Å². The second-order valence-electron chi connectivity index (χ2n) is 4.41. The highest BCUT2D eigenvalue weighted by atomic mass is 32.1. The summed E-state index contributed by atoms with van der Waals surface area (Å²) in [6.07, 6.45) is 1.81. The molecule has 0 aromatic carbocycles. The fourth-order valence-electron chi connectivity index (χ4n) is 2.19. The summed E-state index contributed by atoms with van der Waals surface area (Å²) in [5.74, 6) is -0.363. The molecule has 17 heavy (non-hydrogen) atoms. The van der Waals surface area contributed by atoms with Crippen LogP contribution in [0.1, 0.15) is 26.2 Å². The molecule has 0 saturated carbocycles. The van der Waals surface area contributed by atoms with E-state index < -0.39 is 0 Å². The van der Waals surface area contributed by atoms with Gasteiger partial charge in [0.2, 0.25) is 0 Å². The quantitative estimate of drug-likeness (QED) is 0.601. The van der Waals surface area contributed by atoms with Crippen LogP contribution in [0.2, 0.25) is 0 Å². The number of Topliss-reactive ketones (excluding diaryl/α,β-unsaturated/α-hetero) is 1. The lowest BCUT2D eigenvalue weighted by atomic mass is 9.80. The van der Waals surface area contributed by atoms with E-state index >= 15 is 0 Å². The molecule has 0 aromatic heterocycles. The summed E-state index contributed by atoms with van der Waals surface area (Å²) in [6.45, 7) is 3.07. The maximum absolute atomic E-state index is 12.1. The third-order valence-corrected chi connectivity index (χ3v) is 3.48. The zero-order chi connectivity index (χ0) is 12.8. The molecule has 98 valence electrons. The SMILES string of the molecule is COC(=O)CC(C(=O)C(C)S)C1CCOCC1. The van der Waals surface area contributed by atoms with Crippen LogP contribution in [-0.4, -0.2) is 37.3 Å². The minimum Gasteiger partial charge on any atom is -0.469 e. The normalized spacial score (nSPS) is 20.6. The van der Waals surface area contributed by atoms with E-state index in [2.05, 4.69) is 17.4 Å². The van der Waals surface area contributed by atoms with Crippen LogP contribution < -0.4 is 0 Å². The lowest BCUT2D eigenvalue weighted by Gasteiger charge is -2.29. The predicted octanol–water partition coefficient (Wildman–Crippen LogP) is 1.48. The van der Waals surface area contributed by atoms with Gasteiger partial charge in [-0.3, -0.25) is 9.59 Å². The molecule has 0 amide bonds. The van der Waals surface area contributed by atoms with Crippen LogP contribution in [0.5, 0.6) is 0 Å². The number of esters is 1. The van der Waals surface area contributed by atoms with Crippen LogP contribution in [0.15, 0.2) is 0 Å². The molecule has 1 aliphatic heterocycles. The number of methoxy groups -OCH3 is 1. The predicted molar refractivity (Wildman–Crippen MR) is 67.1 cm³/mol. The molecule has 2 unspecified atom stereocenters. The Labute approximate surface area is 107 Å². The summed E-state index contributed by atoms with van der Waals surface area (Å²) < 4.78 is 9.93. The number of ketones is 1. The van der Waals surface area contributed by atoms with E-state index in [9.17, 15) is 9.59 Å². The Hall–Kier alpha value is -0.550. The molecule has 0 N–H and O–H groups in total. The van der Waals surface area contributed by atoms with Crippen LogP contribution in [-0.2, 0) is 19.1 Å². The number of ether oxygens (including phenoxy) is 2. The summed E-state index contributed by atoms with van der Waals surface area (Å²) in [7, 11) is 1.35. The van der Waals surface area contributed by atoms with E-state index in [1.807, 2.05) is 0 Å². The van der Waals surface area contributed by atoms with Gasteiger partial charge in [-0.2, -0.15) is 12.6 Å². The topological polar surface area (TPSA) is 52.6 Å². The molecule has 1 fully saturated rings. The fourth-order valence-corrected chi connectivity index (χ4v) is 2.38. The Kier molecular flexibility index (Phi) is 5.98. The number of carbonyl (C=O) groups excluding carboxylic acids is 2. The molecule has 1 saturated heterocycles. The van der Waals surface area contributed by atoms with Crippen molar-refractivity contribution < 1.29 is 19.1 Å². The second kappa shape index (κ2) is 7.01. The molecule has 0 spiro atoms. The average Bonchev–Trinajstić information content (AvgIpc) is 2.35. The number of rotatable bonds is 5. The summed E-state index contributed by atoms with van der Waals surface area (Å²) in [5.41, 5.74) is 0. The van der Waals surface area contributed by atoms with Crippen molar-refractivity contribution in [2.24, 2.45) is 11.8 Å². The van der Waals surface area contributed by atoms with Gasteiger partial charge in [-0.15, -0.1) is 0 Å². The van der Waals surface area contributed by atoms with E-state index in [1.165, 1.54) is 7.11 Å². The second-order valence-corrected chi connectivity index (χ2v) is 5.19. The lowest BCUT2D eigenvalue weighted by Crippen LogP contribution is -2.34. The molecular weight excluding hydrogens is 240 g/mol.